The summed E-state index contributed by atoms with van der Waals surface area (Å²) in [5, 5.41) is 2.83. The van der Waals surface area contributed by atoms with Crippen LogP contribution in [-0.2, 0) is 11.2 Å². The molecule has 0 aliphatic rings. The zero-order valence-corrected chi connectivity index (χ0v) is 13.9. The highest BCUT2D eigenvalue weighted by atomic mass is 19.1. The fourth-order valence-corrected chi connectivity index (χ4v) is 2.64. The fourth-order valence-electron chi connectivity index (χ4n) is 2.64. The number of rotatable bonds is 6. The van der Waals surface area contributed by atoms with Gasteiger partial charge in [-0.15, -0.1) is 0 Å². The van der Waals surface area contributed by atoms with Gasteiger partial charge < -0.3 is 9.73 Å². The van der Waals surface area contributed by atoms with E-state index in [9.17, 15) is 13.6 Å². The summed E-state index contributed by atoms with van der Waals surface area (Å²) >= 11 is 0. The van der Waals surface area contributed by atoms with Gasteiger partial charge in [0.25, 0.3) is 0 Å². The zero-order chi connectivity index (χ0) is 18.4. The van der Waals surface area contributed by atoms with Gasteiger partial charge >= 0.3 is 0 Å². The number of carbonyl (C=O) groups is 1. The van der Waals surface area contributed by atoms with Gasteiger partial charge in [0.2, 0.25) is 5.91 Å². The molecule has 1 heterocycles. The van der Waals surface area contributed by atoms with Crippen molar-refractivity contribution < 1.29 is 18.0 Å². The maximum atomic E-state index is 13.6. The molecule has 1 aromatic heterocycles. The number of carbonyl (C=O) groups excluding carboxylic acids is 1. The number of hydrogen-bond acceptors (Lipinski definition) is 2. The maximum absolute atomic E-state index is 13.6. The van der Waals surface area contributed by atoms with Crippen LogP contribution in [0.15, 0.2) is 77.4 Å². The topological polar surface area (TPSA) is 42.2 Å². The summed E-state index contributed by atoms with van der Waals surface area (Å²) in [5.74, 6) is -0.559. The number of amides is 1. The Hall–Kier alpha value is -3.21. The lowest BCUT2D eigenvalue weighted by atomic mass is 9.98. The normalized spacial score (nSPS) is 12.2. The first-order valence-electron chi connectivity index (χ1n) is 8.12. The van der Waals surface area contributed by atoms with Crippen LogP contribution in [0.2, 0.25) is 0 Å². The van der Waals surface area contributed by atoms with Gasteiger partial charge in [0.1, 0.15) is 17.4 Å². The predicted molar refractivity (Wildman–Crippen MR) is 95.1 cm³/mol. The van der Waals surface area contributed by atoms with Gasteiger partial charge in [-0.25, -0.2) is 8.78 Å². The summed E-state index contributed by atoms with van der Waals surface area (Å²) in [5.41, 5.74) is 1.31. The largest absolute Gasteiger partial charge is 0.465 e. The van der Waals surface area contributed by atoms with Crippen molar-refractivity contribution in [1.29, 1.82) is 0 Å². The Kier molecular flexibility index (Phi) is 5.59. The quantitative estimate of drug-likeness (QED) is 0.654. The monoisotopic (exact) mass is 353 g/mol. The molecule has 0 fully saturated rings. The summed E-state index contributed by atoms with van der Waals surface area (Å²) in [6, 6.07) is 15.1. The van der Waals surface area contributed by atoms with Crippen LogP contribution < -0.4 is 5.32 Å². The highest BCUT2D eigenvalue weighted by Gasteiger charge is 2.15. The zero-order valence-electron chi connectivity index (χ0n) is 13.9. The molecule has 3 aromatic rings. The van der Waals surface area contributed by atoms with E-state index in [4.69, 9.17) is 4.42 Å². The maximum Gasteiger partial charge on any atom is 0.244 e. The number of halogens is 2. The van der Waals surface area contributed by atoms with Crippen LogP contribution in [0, 0.1) is 11.6 Å². The van der Waals surface area contributed by atoms with Gasteiger partial charge in [0.05, 0.1) is 12.3 Å². The molecule has 2 aromatic carbocycles. The standard InChI is InChI=1S/C21H17F2NO2/c22-17-6-1-4-15(12-17)13-20(16-5-2-7-18(23)14-16)24-21(25)10-9-19-8-3-11-26-19/h1-12,14,20H,13H2,(H,24,25)/b10-9+. The Balaban J connectivity index is 1.79. The number of benzene rings is 2. The van der Waals surface area contributed by atoms with Gasteiger partial charge in [0.15, 0.2) is 0 Å². The van der Waals surface area contributed by atoms with Crippen molar-refractivity contribution in [2.45, 2.75) is 12.5 Å². The molecule has 0 aliphatic heterocycles. The average Bonchev–Trinajstić information content (AvgIpc) is 3.13. The van der Waals surface area contributed by atoms with Gasteiger partial charge in [-0.05, 0) is 60.0 Å². The smallest absolute Gasteiger partial charge is 0.244 e. The van der Waals surface area contributed by atoms with E-state index in [0.29, 0.717) is 23.3 Å². The van der Waals surface area contributed by atoms with Crippen molar-refractivity contribution in [2.75, 3.05) is 0 Å². The van der Waals surface area contributed by atoms with E-state index < -0.39 is 11.9 Å². The molecule has 5 heteroatoms. The van der Waals surface area contributed by atoms with Crippen LogP contribution in [0.1, 0.15) is 22.9 Å². The van der Waals surface area contributed by atoms with Gasteiger partial charge in [0, 0.05) is 6.08 Å². The van der Waals surface area contributed by atoms with Gasteiger partial charge in [-0.1, -0.05) is 24.3 Å². The Bertz CT molecular complexity index is 904. The average molecular weight is 353 g/mol. The van der Waals surface area contributed by atoms with E-state index in [0.717, 1.165) is 0 Å². The summed E-state index contributed by atoms with van der Waals surface area (Å²) < 4.78 is 32.2. The lowest BCUT2D eigenvalue weighted by Crippen LogP contribution is -2.28. The molecule has 1 unspecified atom stereocenters. The lowest BCUT2D eigenvalue weighted by Gasteiger charge is -2.19. The molecule has 0 saturated carbocycles. The molecule has 0 bridgehead atoms. The molecule has 132 valence electrons. The Morgan fingerprint density at radius 3 is 2.50 bits per heavy atom. The third-order valence-electron chi connectivity index (χ3n) is 3.84. The molecule has 26 heavy (non-hydrogen) atoms. The second-order valence-electron chi connectivity index (χ2n) is 5.80. The molecule has 0 radical (unpaired) electrons. The minimum absolute atomic E-state index is 0.335. The molecule has 3 nitrogen and oxygen atoms in total. The van der Waals surface area contributed by atoms with E-state index in [-0.39, 0.29) is 11.7 Å². The number of furan rings is 1. The molecule has 0 saturated heterocycles. The summed E-state index contributed by atoms with van der Waals surface area (Å²) in [4.78, 5) is 12.3. The first kappa shape index (κ1) is 17.6. The Morgan fingerprint density at radius 2 is 1.81 bits per heavy atom. The van der Waals surface area contributed by atoms with Crippen LogP contribution in [0.5, 0.6) is 0 Å². The first-order valence-corrected chi connectivity index (χ1v) is 8.12. The van der Waals surface area contributed by atoms with Crippen molar-refractivity contribution in [2.24, 2.45) is 0 Å². The molecular formula is C21H17F2NO2. The summed E-state index contributed by atoms with van der Waals surface area (Å²) in [7, 11) is 0. The molecular weight excluding hydrogens is 336 g/mol. The minimum atomic E-state index is -0.499. The van der Waals surface area contributed by atoms with E-state index in [1.54, 1.807) is 42.5 Å². The predicted octanol–water partition coefficient (Wildman–Crippen LogP) is 4.67. The van der Waals surface area contributed by atoms with Gasteiger partial charge in [-0.2, -0.15) is 0 Å². The van der Waals surface area contributed by atoms with E-state index in [1.165, 1.54) is 36.6 Å². The van der Waals surface area contributed by atoms with E-state index in [2.05, 4.69) is 5.32 Å². The van der Waals surface area contributed by atoms with Crippen molar-refractivity contribution in [1.82, 2.24) is 5.32 Å². The van der Waals surface area contributed by atoms with Crippen LogP contribution in [0.25, 0.3) is 6.08 Å². The SMILES string of the molecule is O=C(/C=C/c1ccco1)NC(Cc1cccc(F)c1)c1cccc(F)c1. The minimum Gasteiger partial charge on any atom is -0.465 e. The molecule has 3 rings (SSSR count). The van der Waals surface area contributed by atoms with Crippen LogP contribution >= 0.6 is 0 Å². The molecule has 0 aliphatic carbocycles. The van der Waals surface area contributed by atoms with Crippen molar-refractivity contribution >= 4 is 12.0 Å². The number of nitrogens with one attached hydrogen (secondary N) is 1. The molecule has 1 N–H and O–H groups in total. The van der Waals surface area contributed by atoms with Crippen molar-refractivity contribution in [3.05, 3.63) is 102 Å². The summed E-state index contributed by atoms with van der Waals surface area (Å²) in [6.45, 7) is 0. The second kappa shape index (κ2) is 8.25. The van der Waals surface area contributed by atoms with E-state index >= 15 is 0 Å². The van der Waals surface area contributed by atoms with Crippen LogP contribution in [0.3, 0.4) is 0 Å². The molecule has 0 spiro atoms. The Labute approximate surface area is 150 Å². The third-order valence-corrected chi connectivity index (χ3v) is 3.84. The van der Waals surface area contributed by atoms with Crippen molar-refractivity contribution in [3.63, 3.8) is 0 Å². The van der Waals surface area contributed by atoms with Gasteiger partial charge in [-0.3, -0.25) is 4.79 Å². The second-order valence-corrected chi connectivity index (χ2v) is 5.80. The fraction of sp³-hybridized carbons (Fsp3) is 0.0952. The highest BCUT2D eigenvalue weighted by Crippen LogP contribution is 2.20. The van der Waals surface area contributed by atoms with Crippen LogP contribution in [-0.4, -0.2) is 5.91 Å². The highest BCUT2D eigenvalue weighted by molar-refractivity contribution is 5.91. The molecule has 1 atom stereocenters. The lowest BCUT2D eigenvalue weighted by molar-refractivity contribution is -0.117. The first-order chi connectivity index (χ1) is 12.6. The van der Waals surface area contributed by atoms with E-state index in [1.807, 2.05) is 0 Å². The summed E-state index contributed by atoms with van der Waals surface area (Å²) in [6.07, 6.45) is 4.73. The van der Waals surface area contributed by atoms with Crippen molar-refractivity contribution in [3.8, 4) is 0 Å². The molecule has 1 amide bonds. The third kappa shape index (κ3) is 4.89. The Morgan fingerprint density at radius 1 is 1.04 bits per heavy atom. The van der Waals surface area contributed by atoms with Crippen LogP contribution in [0.4, 0.5) is 8.78 Å². The number of hydrogen-bond donors (Lipinski definition) is 1.